The standard InChI is InChI=1S/C18H25NO3/c1-12-6-4-5-7-17(12)19-18(21)14(3)22-16-10-8-15(9-11-16)13(2)20/h8-12,14,17H,4-7H2,1-3H3,(H,19,21)/t12-,14-,17-/m1/s1. The zero-order valence-electron chi connectivity index (χ0n) is 13.6. The summed E-state index contributed by atoms with van der Waals surface area (Å²) < 4.78 is 5.66. The number of ether oxygens (including phenoxy) is 1. The van der Waals surface area contributed by atoms with E-state index in [0.29, 0.717) is 17.2 Å². The molecule has 1 saturated carbocycles. The van der Waals surface area contributed by atoms with Crippen LogP contribution in [-0.4, -0.2) is 23.8 Å². The molecular weight excluding hydrogens is 278 g/mol. The molecule has 1 N–H and O–H groups in total. The summed E-state index contributed by atoms with van der Waals surface area (Å²) in [7, 11) is 0. The van der Waals surface area contributed by atoms with Crippen LogP contribution in [0.5, 0.6) is 5.75 Å². The van der Waals surface area contributed by atoms with E-state index in [2.05, 4.69) is 12.2 Å². The fraction of sp³-hybridized carbons (Fsp3) is 0.556. The number of ketones is 1. The van der Waals surface area contributed by atoms with Gasteiger partial charge in [-0.1, -0.05) is 19.8 Å². The summed E-state index contributed by atoms with van der Waals surface area (Å²) in [4.78, 5) is 23.5. The minimum Gasteiger partial charge on any atom is -0.481 e. The molecule has 0 saturated heterocycles. The Balaban J connectivity index is 1.89. The summed E-state index contributed by atoms with van der Waals surface area (Å²) >= 11 is 0. The summed E-state index contributed by atoms with van der Waals surface area (Å²) in [6.07, 6.45) is 4.11. The highest BCUT2D eigenvalue weighted by atomic mass is 16.5. The molecule has 1 aliphatic carbocycles. The third-order valence-corrected chi connectivity index (χ3v) is 4.38. The molecule has 3 atom stereocenters. The minimum atomic E-state index is -0.544. The van der Waals surface area contributed by atoms with Crippen molar-refractivity contribution in [1.82, 2.24) is 5.32 Å². The lowest BCUT2D eigenvalue weighted by Gasteiger charge is -2.30. The Morgan fingerprint density at radius 1 is 1.18 bits per heavy atom. The molecule has 0 bridgehead atoms. The molecule has 0 aromatic heterocycles. The van der Waals surface area contributed by atoms with E-state index in [9.17, 15) is 9.59 Å². The molecule has 2 rings (SSSR count). The van der Waals surface area contributed by atoms with E-state index >= 15 is 0 Å². The summed E-state index contributed by atoms with van der Waals surface area (Å²) in [5.74, 6) is 1.07. The average Bonchev–Trinajstić information content (AvgIpc) is 2.50. The number of Topliss-reactive ketones (excluding diaryl/α,β-unsaturated/α-hetero) is 1. The van der Waals surface area contributed by atoms with Crippen LogP contribution in [0.2, 0.25) is 0 Å². The molecule has 1 aromatic carbocycles. The third kappa shape index (κ3) is 4.33. The number of benzene rings is 1. The maximum atomic E-state index is 12.2. The van der Waals surface area contributed by atoms with E-state index < -0.39 is 6.10 Å². The van der Waals surface area contributed by atoms with Crippen molar-refractivity contribution in [3.63, 3.8) is 0 Å². The van der Waals surface area contributed by atoms with Crippen molar-refractivity contribution in [2.45, 2.75) is 58.6 Å². The van der Waals surface area contributed by atoms with E-state index in [0.717, 1.165) is 6.42 Å². The van der Waals surface area contributed by atoms with Gasteiger partial charge in [0.15, 0.2) is 11.9 Å². The monoisotopic (exact) mass is 303 g/mol. The first-order chi connectivity index (χ1) is 10.5. The number of carbonyl (C=O) groups excluding carboxylic acids is 2. The highest BCUT2D eigenvalue weighted by Crippen LogP contribution is 2.24. The molecule has 0 spiro atoms. The van der Waals surface area contributed by atoms with Crippen LogP contribution in [0.4, 0.5) is 0 Å². The Hall–Kier alpha value is -1.84. The molecule has 1 aromatic rings. The highest BCUT2D eigenvalue weighted by molar-refractivity contribution is 5.94. The van der Waals surface area contributed by atoms with Crippen LogP contribution in [0.25, 0.3) is 0 Å². The molecule has 0 heterocycles. The maximum Gasteiger partial charge on any atom is 0.261 e. The Labute approximate surface area is 132 Å². The second-order valence-corrected chi connectivity index (χ2v) is 6.22. The van der Waals surface area contributed by atoms with Crippen molar-refractivity contribution < 1.29 is 14.3 Å². The van der Waals surface area contributed by atoms with Crippen LogP contribution in [0.1, 0.15) is 56.8 Å². The van der Waals surface area contributed by atoms with Gasteiger partial charge in [0.1, 0.15) is 5.75 Å². The van der Waals surface area contributed by atoms with Crippen LogP contribution in [0.15, 0.2) is 24.3 Å². The summed E-state index contributed by atoms with van der Waals surface area (Å²) in [5.41, 5.74) is 0.639. The van der Waals surface area contributed by atoms with Gasteiger partial charge in [0.05, 0.1) is 0 Å². The molecule has 0 unspecified atom stereocenters. The molecule has 1 aliphatic rings. The van der Waals surface area contributed by atoms with E-state index in [1.165, 1.54) is 26.2 Å². The fourth-order valence-corrected chi connectivity index (χ4v) is 2.86. The van der Waals surface area contributed by atoms with Crippen molar-refractivity contribution in [2.75, 3.05) is 0 Å². The zero-order chi connectivity index (χ0) is 16.1. The summed E-state index contributed by atoms with van der Waals surface area (Å²) in [5, 5.41) is 3.10. The molecule has 1 amide bonds. The summed E-state index contributed by atoms with van der Waals surface area (Å²) in [6, 6.07) is 7.14. The predicted octanol–water partition coefficient (Wildman–Crippen LogP) is 3.35. The van der Waals surface area contributed by atoms with E-state index in [-0.39, 0.29) is 17.7 Å². The SMILES string of the molecule is CC(=O)c1ccc(O[C@H](C)C(=O)N[C@@H]2CCCC[C@H]2C)cc1. The number of amides is 1. The average molecular weight is 303 g/mol. The molecule has 120 valence electrons. The minimum absolute atomic E-state index is 0.0172. The van der Waals surface area contributed by atoms with Gasteiger partial charge in [0.2, 0.25) is 0 Å². The lowest BCUT2D eigenvalue weighted by Crippen LogP contribution is -2.46. The first kappa shape index (κ1) is 16.5. The van der Waals surface area contributed by atoms with Crippen LogP contribution >= 0.6 is 0 Å². The quantitative estimate of drug-likeness (QED) is 0.849. The van der Waals surface area contributed by atoms with Crippen molar-refractivity contribution in [3.05, 3.63) is 29.8 Å². The zero-order valence-corrected chi connectivity index (χ0v) is 13.6. The Kier molecular flexibility index (Phi) is 5.58. The van der Waals surface area contributed by atoms with Crippen LogP contribution < -0.4 is 10.1 Å². The van der Waals surface area contributed by atoms with Gasteiger partial charge in [-0.15, -0.1) is 0 Å². The summed E-state index contributed by atoms with van der Waals surface area (Å²) in [6.45, 7) is 5.47. The van der Waals surface area contributed by atoms with Gasteiger partial charge in [0, 0.05) is 11.6 Å². The Bertz CT molecular complexity index is 524. The maximum absolute atomic E-state index is 12.2. The smallest absolute Gasteiger partial charge is 0.261 e. The second kappa shape index (κ2) is 7.43. The van der Waals surface area contributed by atoms with Crippen molar-refractivity contribution in [3.8, 4) is 5.75 Å². The fourth-order valence-electron chi connectivity index (χ4n) is 2.86. The van der Waals surface area contributed by atoms with Gasteiger partial charge in [-0.2, -0.15) is 0 Å². The van der Waals surface area contributed by atoms with Gasteiger partial charge >= 0.3 is 0 Å². The third-order valence-electron chi connectivity index (χ3n) is 4.38. The Morgan fingerprint density at radius 2 is 1.82 bits per heavy atom. The molecule has 0 aliphatic heterocycles. The lowest BCUT2D eigenvalue weighted by atomic mass is 9.86. The van der Waals surface area contributed by atoms with Gasteiger partial charge in [-0.25, -0.2) is 0 Å². The molecule has 4 heteroatoms. The van der Waals surface area contributed by atoms with Crippen LogP contribution in [0, 0.1) is 5.92 Å². The first-order valence-electron chi connectivity index (χ1n) is 8.05. The topological polar surface area (TPSA) is 55.4 Å². The van der Waals surface area contributed by atoms with Crippen molar-refractivity contribution in [1.29, 1.82) is 0 Å². The number of hydrogen-bond donors (Lipinski definition) is 1. The molecule has 22 heavy (non-hydrogen) atoms. The number of nitrogens with one attached hydrogen (secondary N) is 1. The van der Waals surface area contributed by atoms with Gasteiger partial charge in [-0.05, 0) is 56.9 Å². The molecule has 1 fully saturated rings. The van der Waals surface area contributed by atoms with Crippen LogP contribution in [0.3, 0.4) is 0 Å². The van der Waals surface area contributed by atoms with E-state index in [1.807, 2.05) is 0 Å². The van der Waals surface area contributed by atoms with Gasteiger partial charge in [-0.3, -0.25) is 9.59 Å². The molecule has 0 radical (unpaired) electrons. The van der Waals surface area contributed by atoms with Crippen LogP contribution in [-0.2, 0) is 4.79 Å². The lowest BCUT2D eigenvalue weighted by molar-refractivity contribution is -0.128. The normalized spacial score (nSPS) is 22.7. The highest BCUT2D eigenvalue weighted by Gasteiger charge is 2.25. The number of rotatable bonds is 5. The second-order valence-electron chi connectivity index (χ2n) is 6.22. The molecule has 4 nitrogen and oxygen atoms in total. The molecular formula is C18H25NO3. The van der Waals surface area contributed by atoms with E-state index in [1.54, 1.807) is 31.2 Å². The van der Waals surface area contributed by atoms with Gasteiger partial charge in [0.25, 0.3) is 5.91 Å². The van der Waals surface area contributed by atoms with Crippen molar-refractivity contribution >= 4 is 11.7 Å². The Morgan fingerprint density at radius 3 is 2.41 bits per heavy atom. The van der Waals surface area contributed by atoms with E-state index in [4.69, 9.17) is 4.74 Å². The van der Waals surface area contributed by atoms with Gasteiger partial charge < -0.3 is 10.1 Å². The predicted molar refractivity (Wildman–Crippen MR) is 86.1 cm³/mol. The number of carbonyl (C=O) groups is 2. The largest absolute Gasteiger partial charge is 0.481 e. The number of hydrogen-bond acceptors (Lipinski definition) is 3. The van der Waals surface area contributed by atoms with Crippen molar-refractivity contribution in [2.24, 2.45) is 5.92 Å². The first-order valence-corrected chi connectivity index (χ1v) is 8.05.